The molecule has 2 N–H and O–H groups in total. The predicted molar refractivity (Wildman–Crippen MR) is 69.6 cm³/mol. The molecule has 1 heterocycles. The van der Waals surface area contributed by atoms with Crippen LogP contribution in [-0.2, 0) is 13.3 Å². The molecular formula is C11H26N2O3Si. The Morgan fingerprint density at radius 3 is 1.88 bits per heavy atom. The van der Waals surface area contributed by atoms with E-state index in [9.17, 15) is 0 Å². The first-order valence-corrected chi connectivity index (χ1v) is 8.52. The number of rotatable bonds is 10. The molecule has 1 rings (SSSR count). The van der Waals surface area contributed by atoms with Gasteiger partial charge in [-0.2, -0.15) is 0 Å². The van der Waals surface area contributed by atoms with Gasteiger partial charge in [-0.25, -0.2) is 0 Å². The van der Waals surface area contributed by atoms with Gasteiger partial charge >= 0.3 is 8.80 Å². The largest absolute Gasteiger partial charge is 0.501 e. The fourth-order valence-corrected chi connectivity index (χ4v) is 4.55. The van der Waals surface area contributed by atoms with Crippen molar-refractivity contribution in [1.29, 1.82) is 0 Å². The maximum Gasteiger partial charge on any atom is 0.501 e. The lowest BCUT2D eigenvalue weighted by atomic mass is 10.4. The summed E-state index contributed by atoms with van der Waals surface area (Å²) < 4.78 is 17.3. The SMILES string of the molecule is CCO[Si](CCC(N)N1CC1)(OCC)OCC. The standard InChI is InChI=1S/C11H26N2O3Si/c1-4-14-17(15-5-2,16-6-3)10-7-11(12)13-8-9-13/h11H,4-10,12H2,1-3H3. The average molecular weight is 262 g/mol. The predicted octanol–water partition coefficient (Wildman–Crippen LogP) is 1.03. The number of hydrogen-bond acceptors (Lipinski definition) is 5. The van der Waals surface area contributed by atoms with Crippen molar-refractivity contribution in [3.63, 3.8) is 0 Å². The summed E-state index contributed by atoms with van der Waals surface area (Å²) in [6, 6.07) is 0.806. The maximum absolute atomic E-state index is 6.06. The van der Waals surface area contributed by atoms with Crippen molar-refractivity contribution >= 4 is 8.80 Å². The fourth-order valence-electron chi connectivity index (χ4n) is 1.90. The molecule has 1 aliphatic rings. The molecule has 0 aromatic rings. The second-order valence-corrected chi connectivity index (χ2v) is 6.86. The van der Waals surface area contributed by atoms with Crippen molar-refractivity contribution < 1.29 is 13.3 Å². The van der Waals surface area contributed by atoms with Crippen LogP contribution in [-0.4, -0.2) is 52.8 Å². The summed E-state index contributed by atoms with van der Waals surface area (Å²) in [5.41, 5.74) is 6.06. The van der Waals surface area contributed by atoms with Gasteiger partial charge in [0.25, 0.3) is 0 Å². The van der Waals surface area contributed by atoms with Crippen molar-refractivity contribution in [3.8, 4) is 0 Å². The fraction of sp³-hybridized carbons (Fsp3) is 1.00. The molecule has 5 nitrogen and oxygen atoms in total. The maximum atomic E-state index is 6.06. The first-order chi connectivity index (χ1) is 8.17. The third kappa shape index (κ3) is 5.03. The van der Waals surface area contributed by atoms with Crippen molar-refractivity contribution in [2.24, 2.45) is 5.73 Å². The van der Waals surface area contributed by atoms with Crippen LogP contribution in [0.2, 0.25) is 6.04 Å². The van der Waals surface area contributed by atoms with E-state index in [2.05, 4.69) is 4.90 Å². The van der Waals surface area contributed by atoms with Crippen LogP contribution in [0.3, 0.4) is 0 Å². The van der Waals surface area contributed by atoms with Crippen LogP contribution < -0.4 is 5.73 Å². The zero-order valence-corrected chi connectivity index (χ0v) is 12.3. The van der Waals surface area contributed by atoms with Gasteiger partial charge in [0.1, 0.15) is 0 Å². The smallest absolute Gasteiger partial charge is 0.374 e. The summed E-state index contributed by atoms with van der Waals surface area (Å²) in [6.45, 7) is 10.1. The van der Waals surface area contributed by atoms with Gasteiger partial charge in [0.15, 0.2) is 0 Å². The van der Waals surface area contributed by atoms with E-state index in [1.54, 1.807) is 0 Å². The molecule has 0 amide bonds. The van der Waals surface area contributed by atoms with Crippen molar-refractivity contribution in [2.45, 2.75) is 39.4 Å². The molecule has 0 aromatic heterocycles. The second kappa shape index (κ2) is 7.45. The second-order valence-electron chi connectivity index (χ2n) is 4.12. The van der Waals surface area contributed by atoms with E-state index >= 15 is 0 Å². The highest BCUT2D eigenvalue weighted by atomic mass is 28.4. The van der Waals surface area contributed by atoms with Crippen LogP contribution in [0.15, 0.2) is 0 Å². The van der Waals surface area contributed by atoms with Crippen molar-refractivity contribution in [1.82, 2.24) is 4.90 Å². The molecule has 17 heavy (non-hydrogen) atoms. The van der Waals surface area contributed by atoms with Crippen LogP contribution in [0, 0.1) is 0 Å². The van der Waals surface area contributed by atoms with Gasteiger partial charge in [-0.3, -0.25) is 4.90 Å². The normalized spacial score (nSPS) is 18.4. The Labute approximate surface area is 106 Å². The third-order valence-electron chi connectivity index (χ3n) is 2.79. The van der Waals surface area contributed by atoms with Gasteiger partial charge in [0.05, 0.1) is 6.17 Å². The molecule has 0 spiro atoms. The molecule has 0 saturated carbocycles. The minimum atomic E-state index is -2.48. The summed E-state index contributed by atoms with van der Waals surface area (Å²) in [7, 11) is -2.48. The summed E-state index contributed by atoms with van der Waals surface area (Å²) in [5.74, 6) is 0. The van der Waals surface area contributed by atoms with Gasteiger partial charge < -0.3 is 19.0 Å². The lowest BCUT2D eigenvalue weighted by Gasteiger charge is -2.29. The molecular weight excluding hydrogens is 236 g/mol. The zero-order chi connectivity index (χ0) is 12.7. The first kappa shape index (κ1) is 15.1. The summed E-state index contributed by atoms with van der Waals surface area (Å²) in [6.07, 6.45) is 1.01. The molecule has 102 valence electrons. The average Bonchev–Trinajstić information content (AvgIpc) is 3.11. The van der Waals surface area contributed by atoms with E-state index < -0.39 is 8.80 Å². The molecule has 0 bridgehead atoms. The summed E-state index contributed by atoms with van der Waals surface area (Å²) in [5, 5.41) is 0. The molecule has 0 aromatic carbocycles. The van der Waals surface area contributed by atoms with Gasteiger partial charge in [0.2, 0.25) is 0 Å². The highest BCUT2D eigenvalue weighted by Crippen LogP contribution is 2.21. The van der Waals surface area contributed by atoms with E-state index in [1.165, 1.54) is 0 Å². The van der Waals surface area contributed by atoms with Crippen LogP contribution in [0.1, 0.15) is 27.2 Å². The molecule has 1 atom stereocenters. The zero-order valence-electron chi connectivity index (χ0n) is 11.3. The van der Waals surface area contributed by atoms with Crippen molar-refractivity contribution in [2.75, 3.05) is 32.9 Å². The highest BCUT2D eigenvalue weighted by molar-refractivity contribution is 6.60. The lowest BCUT2D eigenvalue weighted by Crippen LogP contribution is -2.47. The Morgan fingerprint density at radius 1 is 1.06 bits per heavy atom. The van der Waals surface area contributed by atoms with Crippen LogP contribution in [0.5, 0.6) is 0 Å². The third-order valence-corrected chi connectivity index (χ3v) is 5.88. The van der Waals surface area contributed by atoms with Crippen LogP contribution in [0.25, 0.3) is 0 Å². The van der Waals surface area contributed by atoms with E-state index in [0.717, 1.165) is 25.6 Å². The van der Waals surface area contributed by atoms with Crippen LogP contribution in [0.4, 0.5) is 0 Å². The number of nitrogens with zero attached hydrogens (tertiary/aromatic N) is 1. The minimum Gasteiger partial charge on any atom is -0.374 e. The Hall–Kier alpha value is 0.0169. The Morgan fingerprint density at radius 2 is 1.53 bits per heavy atom. The van der Waals surface area contributed by atoms with Gasteiger partial charge in [-0.05, 0) is 27.2 Å². The summed E-state index contributed by atoms with van der Waals surface area (Å²) in [4.78, 5) is 2.24. The van der Waals surface area contributed by atoms with E-state index in [4.69, 9.17) is 19.0 Å². The molecule has 1 saturated heterocycles. The Balaban J connectivity index is 2.45. The lowest BCUT2D eigenvalue weighted by molar-refractivity contribution is 0.0695. The van der Waals surface area contributed by atoms with Gasteiger partial charge in [0, 0.05) is 39.0 Å². The van der Waals surface area contributed by atoms with Gasteiger partial charge in [-0.15, -0.1) is 0 Å². The molecule has 1 fully saturated rings. The monoisotopic (exact) mass is 262 g/mol. The number of nitrogens with two attached hydrogens (primary N) is 1. The number of hydrogen-bond donors (Lipinski definition) is 1. The molecule has 6 heteroatoms. The van der Waals surface area contributed by atoms with Crippen molar-refractivity contribution in [3.05, 3.63) is 0 Å². The molecule has 1 aliphatic heterocycles. The Kier molecular flexibility index (Phi) is 6.61. The quantitative estimate of drug-likeness (QED) is 0.471. The van der Waals surface area contributed by atoms with Crippen LogP contribution >= 0.6 is 0 Å². The summed E-state index contributed by atoms with van der Waals surface area (Å²) >= 11 is 0. The van der Waals surface area contributed by atoms with E-state index in [0.29, 0.717) is 19.8 Å². The molecule has 1 unspecified atom stereocenters. The Bertz CT molecular complexity index is 198. The van der Waals surface area contributed by atoms with Gasteiger partial charge in [-0.1, -0.05) is 0 Å². The topological polar surface area (TPSA) is 56.7 Å². The van der Waals surface area contributed by atoms with E-state index in [-0.39, 0.29) is 6.17 Å². The molecule has 0 radical (unpaired) electrons. The molecule has 0 aliphatic carbocycles. The first-order valence-electron chi connectivity index (χ1n) is 6.59. The minimum absolute atomic E-state index is 0.128. The highest BCUT2D eigenvalue weighted by Gasteiger charge is 2.41. The van der Waals surface area contributed by atoms with E-state index in [1.807, 2.05) is 20.8 Å².